The van der Waals surface area contributed by atoms with Gasteiger partial charge in [0.25, 0.3) is 0 Å². The summed E-state index contributed by atoms with van der Waals surface area (Å²) in [5.41, 5.74) is 2.57. The van der Waals surface area contributed by atoms with Gasteiger partial charge in [-0.1, -0.05) is 53.5 Å². The fraction of sp³-hybridized carbons (Fsp3) is 0.333. The smallest absolute Gasteiger partial charge is 0.399 e. The van der Waals surface area contributed by atoms with Gasteiger partial charge in [-0.3, -0.25) is 4.72 Å². The first-order chi connectivity index (χ1) is 16.1. The van der Waals surface area contributed by atoms with Gasteiger partial charge < -0.3 is 14.6 Å². The summed E-state index contributed by atoms with van der Waals surface area (Å²) in [5.74, 6) is 0.361. The van der Waals surface area contributed by atoms with Gasteiger partial charge in [-0.15, -0.1) is 0 Å². The van der Waals surface area contributed by atoms with Crippen LogP contribution in [-0.2, 0) is 15.7 Å². The Morgan fingerprint density at radius 2 is 1.59 bits per heavy atom. The number of aromatic nitrogens is 2. The normalized spacial score (nSPS) is 16.5. The van der Waals surface area contributed by atoms with E-state index in [9.17, 15) is 0 Å². The maximum Gasteiger partial charge on any atom is 0.495 e. The van der Waals surface area contributed by atoms with E-state index in [1.165, 1.54) is 23.6 Å². The van der Waals surface area contributed by atoms with Crippen molar-refractivity contribution >= 4 is 59.4 Å². The van der Waals surface area contributed by atoms with Gasteiger partial charge in [0.2, 0.25) is 5.95 Å². The molecule has 0 amide bonds. The number of hydrogen-bond acceptors (Lipinski definition) is 7. The Morgan fingerprint density at radius 1 is 0.912 bits per heavy atom. The molecule has 2 heterocycles. The monoisotopic (exact) mass is 516 g/mol. The lowest BCUT2D eigenvalue weighted by molar-refractivity contribution is 0.00578. The molecule has 0 bridgehead atoms. The van der Waals surface area contributed by atoms with Crippen molar-refractivity contribution in [3.8, 4) is 0 Å². The number of hydrogen-bond donors (Lipinski definition) is 2. The van der Waals surface area contributed by atoms with Crippen molar-refractivity contribution in [2.75, 3.05) is 16.6 Å². The van der Waals surface area contributed by atoms with Crippen LogP contribution in [0.4, 0.5) is 11.6 Å². The standard InChI is InChI=1S/C24H27BCl2N4O2S/c1-23(2)24(3,4)33-25(32-23)19-11-6-5-8-16(19)12-13-28-17-9-7-10-18(14-17)34-31-22-29-20(26)15-21(27)30-22/h5-11,14-15,28H,12-13H2,1-4H3,(H,29,30,31). The quantitative estimate of drug-likeness (QED) is 0.221. The Kier molecular flexibility index (Phi) is 7.64. The van der Waals surface area contributed by atoms with Crippen LogP contribution < -0.4 is 15.5 Å². The predicted molar refractivity (Wildman–Crippen MR) is 142 cm³/mol. The minimum absolute atomic E-state index is 0.291. The highest BCUT2D eigenvalue weighted by Gasteiger charge is 2.52. The third-order valence-electron chi connectivity index (χ3n) is 6.04. The molecule has 1 saturated heterocycles. The van der Waals surface area contributed by atoms with Crippen LogP contribution in [0.1, 0.15) is 33.3 Å². The summed E-state index contributed by atoms with van der Waals surface area (Å²) in [6.45, 7) is 9.06. The predicted octanol–water partition coefficient (Wildman–Crippen LogP) is 5.86. The van der Waals surface area contributed by atoms with E-state index in [0.717, 1.165) is 29.0 Å². The fourth-order valence-electron chi connectivity index (χ4n) is 3.51. The zero-order valence-electron chi connectivity index (χ0n) is 19.6. The van der Waals surface area contributed by atoms with E-state index in [2.05, 4.69) is 72.0 Å². The molecule has 0 unspecified atom stereocenters. The molecule has 1 aliphatic rings. The lowest BCUT2D eigenvalue weighted by Crippen LogP contribution is -2.41. The molecule has 0 atom stereocenters. The molecule has 34 heavy (non-hydrogen) atoms. The molecule has 4 rings (SSSR count). The Bertz CT molecular complexity index is 1130. The van der Waals surface area contributed by atoms with Gasteiger partial charge >= 0.3 is 7.12 Å². The van der Waals surface area contributed by atoms with E-state index < -0.39 is 0 Å². The Labute approximate surface area is 215 Å². The summed E-state index contributed by atoms with van der Waals surface area (Å²) in [4.78, 5) is 9.23. The number of nitrogens with one attached hydrogen (secondary N) is 2. The number of nitrogens with zero attached hydrogens (tertiary/aromatic N) is 2. The Balaban J connectivity index is 1.36. The van der Waals surface area contributed by atoms with Gasteiger partial charge in [0.1, 0.15) is 10.3 Å². The first-order valence-electron chi connectivity index (χ1n) is 11.0. The molecule has 2 aromatic carbocycles. The summed E-state index contributed by atoms with van der Waals surface area (Å²) >= 11 is 13.3. The van der Waals surface area contributed by atoms with E-state index in [1.807, 2.05) is 24.3 Å². The highest BCUT2D eigenvalue weighted by molar-refractivity contribution is 8.00. The molecule has 2 N–H and O–H groups in total. The molecule has 1 fully saturated rings. The average Bonchev–Trinajstić information content (AvgIpc) is 2.99. The molecule has 1 aliphatic heterocycles. The first kappa shape index (κ1) is 25.1. The molecular weight excluding hydrogens is 490 g/mol. The number of rotatable bonds is 8. The van der Waals surface area contributed by atoms with Crippen LogP contribution in [-0.4, -0.2) is 34.8 Å². The number of anilines is 2. The van der Waals surface area contributed by atoms with Crippen molar-refractivity contribution in [3.63, 3.8) is 0 Å². The second kappa shape index (κ2) is 10.3. The SMILES string of the molecule is CC1(C)OB(c2ccccc2CCNc2cccc(SNc3nc(Cl)cc(Cl)n3)c2)OC1(C)C. The van der Waals surface area contributed by atoms with Crippen LogP contribution in [0.5, 0.6) is 0 Å². The lowest BCUT2D eigenvalue weighted by atomic mass is 9.75. The van der Waals surface area contributed by atoms with Crippen LogP contribution >= 0.6 is 35.1 Å². The van der Waals surface area contributed by atoms with Gasteiger partial charge in [0.05, 0.1) is 11.2 Å². The van der Waals surface area contributed by atoms with Crippen LogP contribution in [0.15, 0.2) is 59.5 Å². The van der Waals surface area contributed by atoms with Gasteiger partial charge in [-0.25, -0.2) is 9.97 Å². The van der Waals surface area contributed by atoms with Gasteiger partial charge in [0, 0.05) is 23.2 Å². The third-order valence-corrected chi connectivity index (χ3v) is 7.21. The number of benzene rings is 2. The van der Waals surface area contributed by atoms with Crippen molar-refractivity contribution < 1.29 is 9.31 Å². The molecule has 3 aromatic rings. The molecule has 0 radical (unpaired) electrons. The van der Waals surface area contributed by atoms with Crippen molar-refractivity contribution in [2.24, 2.45) is 0 Å². The minimum Gasteiger partial charge on any atom is -0.399 e. The highest BCUT2D eigenvalue weighted by atomic mass is 35.5. The third kappa shape index (κ3) is 5.99. The molecule has 0 aliphatic carbocycles. The van der Waals surface area contributed by atoms with Crippen LogP contribution in [0, 0.1) is 0 Å². The molecule has 178 valence electrons. The van der Waals surface area contributed by atoms with Crippen LogP contribution in [0.25, 0.3) is 0 Å². The molecule has 0 saturated carbocycles. The molecule has 1 aromatic heterocycles. The summed E-state index contributed by atoms with van der Waals surface area (Å²) in [6.07, 6.45) is 0.838. The van der Waals surface area contributed by atoms with Gasteiger partial charge in [-0.2, -0.15) is 0 Å². The van der Waals surface area contributed by atoms with Crippen molar-refractivity contribution in [3.05, 3.63) is 70.5 Å². The maximum absolute atomic E-state index is 6.27. The van der Waals surface area contributed by atoms with Crippen molar-refractivity contribution in [1.29, 1.82) is 0 Å². The minimum atomic E-state index is -0.366. The maximum atomic E-state index is 6.27. The zero-order valence-corrected chi connectivity index (χ0v) is 21.9. The van der Waals surface area contributed by atoms with Crippen molar-refractivity contribution in [2.45, 2.75) is 50.2 Å². The van der Waals surface area contributed by atoms with E-state index in [4.69, 9.17) is 32.5 Å². The Morgan fingerprint density at radius 3 is 2.29 bits per heavy atom. The van der Waals surface area contributed by atoms with E-state index in [-0.39, 0.29) is 18.3 Å². The fourth-order valence-corrected chi connectivity index (χ4v) is 4.57. The average molecular weight is 517 g/mol. The van der Waals surface area contributed by atoms with E-state index >= 15 is 0 Å². The molecule has 10 heteroatoms. The van der Waals surface area contributed by atoms with E-state index in [0.29, 0.717) is 16.3 Å². The largest absolute Gasteiger partial charge is 0.495 e. The Hall–Kier alpha value is -1.97. The summed E-state index contributed by atoms with van der Waals surface area (Å²) in [6, 6.07) is 17.9. The van der Waals surface area contributed by atoms with Gasteiger partial charge in [-0.05, 0) is 75.3 Å². The summed E-state index contributed by atoms with van der Waals surface area (Å²) < 4.78 is 15.6. The zero-order chi connectivity index (χ0) is 24.3. The van der Waals surface area contributed by atoms with Crippen LogP contribution in [0.3, 0.4) is 0 Å². The second-order valence-corrected chi connectivity index (χ2v) is 10.7. The first-order valence-corrected chi connectivity index (χ1v) is 12.6. The summed E-state index contributed by atoms with van der Waals surface area (Å²) in [5, 5.41) is 4.09. The molecular formula is C24H27BCl2N4O2S. The van der Waals surface area contributed by atoms with E-state index in [1.54, 1.807) is 0 Å². The second-order valence-electron chi connectivity index (χ2n) is 9.03. The lowest BCUT2D eigenvalue weighted by Gasteiger charge is -2.32. The van der Waals surface area contributed by atoms with Crippen LogP contribution in [0.2, 0.25) is 10.3 Å². The van der Waals surface area contributed by atoms with Crippen molar-refractivity contribution in [1.82, 2.24) is 9.97 Å². The van der Waals surface area contributed by atoms with Gasteiger partial charge in [0.15, 0.2) is 0 Å². The summed E-state index contributed by atoms with van der Waals surface area (Å²) in [7, 11) is -0.366. The topological polar surface area (TPSA) is 68.3 Å². The molecule has 6 nitrogen and oxygen atoms in total. The number of halogens is 2. The molecule has 0 spiro atoms. The highest BCUT2D eigenvalue weighted by Crippen LogP contribution is 2.36.